The van der Waals surface area contributed by atoms with Gasteiger partial charge in [0.25, 0.3) is 0 Å². The average molecular weight is 399 g/mol. The second-order valence-electron chi connectivity index (χ2n) is 8.30. The number of carbonyl (C=O) groups is 3. The van der Waals surface area contributed by atoms with Crippen molar-refractivity contribution in [3.8, 4) is 0 Å². The highest BCUT2D eigenvalue weighted by molar-refractivity contribution is 6.00. The van der Waals surface area contributed by atoms with Crippen molar-refractivity contribution in [1.82, 2.24) is 20.9 Å². The summed E-state index contributed by atoms with van der Waals surface area (Å²) in [5.74, 6) is -0.265. The Kier molecular flexibility index (Phi) is 5.82. The number of likely N-dealkylation sites (tertiary alicyclic amines) is 1. The molecule has 3 fully saturated rings. The molecule has 8 nitrogen and oxygen atoms in total. The molecule has 3 amide bonds. The molecule has 156 valence electrons. The van der Waals surface area contributed by atoms with Gasteiger partial charge in [-0.3, -0.25) is 24.6 Å². The first-order valence-corrected chi connectivity index (χ1v) is 10.4. The average Bonchev–Trinajstić information content (AvgIpc) is 3.10. The van der Waals surface area contributed by atoms with Gasteiger partial charge in [0.2, 0.25) is 17.7 Å². The second-order valence-corrected chi connectivity index (χ2v) is 8.30. The van der Waals surface area contributed by atoms with Crippen molar-refractivity contribution in [3.63, 3.8) is 0 Å². The molecule has 0 aromatic heterocycles. The van der Waals surface area contributed by atoms with Gasteiger partial charge in [-0.25, -0.2) is 0 Å². The largest absolute Gasteiger partial charge is 0.353 e. The van der Waals surface area contributed by atoms with Crippen LogP contribution in [0, 0.1) is 5.92 Å². The first kappa shape index (κ1) is 19.8. The van der Waals surface area contributed by atoms with Gasteiger partial charge in [-0.05, 0) is 31.9 Å². The van der Waals surface area contributed by atoms with Gasteiger partial charge in [-0.1, -0.05) is 18.2 Å². The lowest BCUT2D eigenvalue weighted by Gasteiger charge is -2.41. The zero-order valence-corrected chi connectivity index (χ0v) is 16.8. The molecule has 4 rings (SSSR count). The minimum Gasteiger partial charge on any atom is -0.353 e. The maximum absolute atomic E-state index is 12.7. The molecule has 3 saturated heterocycles. The Balaban J connectivity index is 1.26. The summed E-state index contributed by atoms with van der Waals surface area (Å²) in [6, 6.07) is 9.77. The number of amides is 3. The van der Waals surface area contributed by atoms with Crippen molar-refractivity contribution in [2.75, 3.05) is 24.5 Å². The molecule has 0 radical (unpaired) electrons. The van der Waals surface area contributed by atoms with Gasteiger partial charge in [0.15, 0.2) is 0 Å². The van der Waals surface area contributed by atoms with E-state index in [1.807, 2.05) is 37.3 Å². The summed E-state index contributed by atoms with van der Waals surface area (Å²) in [6.07, 6.45) is 2.29. The summed E-state index contributed by atoms with van der Waals surface area (Å²) >= 11 is 0. The SMILES string of the molecule is CC1CC(=O)NC(N2CCC(NC(=O)C3CC(=O)N(c4ccccc4)C3)CC2)N1. The normalized spacial score (nSPS) is 29.0. The van der Waals surface area contributed by atoms with Crippen LogP contribution in [0.25, 0.3) is 0 Å². The maximum atomic E-state index is 12.7. The van der Waals surface area contributed by atoms with Crippen LogP contribution < -0.4 is 20.9 Å². The number of nitrogens with zero attached hydrogens (tertiary/aromatic N) is 2. The van der Waals surface area contributed by atoms with Gasteiger partial charge in [0, 0.05) is 50.2 Å². The Bertz CT molecular complexity index is 763. The topological polar surface area (TPSA) is 93.8 Å². The Labute approximate surface area is 171 Å². The Morgan fingerprint density at radius 3 is 2.52 bits per heavy atom. The van der Waals surface area contributed by atoms with Gasteiger partial charge in [0.1, 0.15) is 6.29 Å². The van der Waals surface area contributed by atoms with Gasteiger partial charge < -0.3 is 15.5 Å². The van der Waals surface area contributed by atoms with Gasteiger partial charge >= 0.3 is 0 Å². The Morgan fingerprint density at radius 2 is 1.83 bits per heavy atom. The summed E-state index contributed by atoms with van der Waals surface area (Å²) in [7, 11) is 0. The third kappa shape index (κ3) is 4.59. The van der Waals surface area contributed by atoms with Crippen molar-refractivity contribution in [3.05, 3.63) is 30.3 Å². The number of hydrogen-bond donors (Lipinski definition) is 3. The number of carbonyl (C=O) groups excluding carboxylic acids is 3. The lowest BCUT2D eigenvalue weighted by Crippen LogP contribution is -2.65. The zero-order valence-electron chi connectivity index (χ0n) is 16.8. The quantitative estimate of drug-likeness (QED) is 0.682. The van der Waals surface area contributed by atoms with Crippen molar-refractivity contribution in [2.45, 2.75) is 51.0 Å². The Morgan fingerprint density at radius 1 is 1.10 bits per heavy atom. The van der Waals surface area contributed by atoms with Crippen molar-refractivity contribution in [1.29, 1.82) is 0 Å². The molecule has 0 spiro atoms. The Hall–Kier alpha value is -2.45. The van der Waals surface area contributed by atoms with Crippen LogP contribution in [0.4, 0.5) is 5.69 Å². The molecule has 1 aromatic carbocycles. The molecule has 29 heavy (non-hydrogen) atoms. The standard InChI is InChI=1S/C21H29N5O3/c1-14-11-18(27)24-21(22-14)25-9-7-16(8-10-25)23-20(29)15-12-19(28)26(13-15)17-5-3-2-4-6-17/h2-6,14-16,21-22H,7-13H2,1H3,(H,23,29)(H,24,27). The van der Waals surface area contributed by atoms with Crippen LogP contribution in [0.5, 0.6) is 0 Å². The minimum absolute atomic E-state index is 0.000552. The molecule has 3 aliphatic heterocycles. The van der Waals surface area contributed by atoms with E-state index >= 15 is 0 Å². The summed E-state index contributed by atoms with van der Waals surface area (Å²) < 4.78 is 0. The van der Waals surface area contributed by atoms with Gasteiger partial charge in [0.05, 0.1) is 5.92 Å². The van der Waals surface area contributed by atoms with E-state index in [2.05, 4.69) is 20.9 Å². The predicted octanol–water partition coefficient (Wildman–Crippen LogP) is 0.402. The van der Waals surface area contributed by atoms with Crippen LogP contribution in [-0.4, -0.2) is 60.6 Å². The summed E-state index contributed by atoms with van der Waals surface area (Å²) in [5.41, 5.74) is 0.845. The highest BCUT2D eigenvalue weighted by Crippen LogP contribution is 2.25. The van der Waals surface area contributed by atoms with Gasteiger partial charge in [-0.15, -0.1) is 0 Å². The number of rotatable bonds is 4. The first-order chi connectivity index (χ1) is 14.0. The molecule has 3 heterocycles. The van der Waals surface area contributed by atoms with Crippen molar-refractivity contribution >= 4 is 23.4 Å². The molecule has 3 N–H and O–H groups in total. The van der Waals surface area contributed by atoms with E-state index < -0.39 is 0 Å². The van der Waals surface area contributed by atoms with Crippen LogP contribution in [0.1, 0.15) is 32.6 Å². The molecule has 0 saturated carbocycles. The summed E-state index contributed by atoms with van der Waals surface area (Å²) in [4.78, 5) is 40.8. The minimum atomic E-state index is -0.305. The van der Waals surface area contributed by atoms with E-state index in [1.165, 1.54) is 0 Å². The fourth-order valence-electron chi connectivity index (χ4n) is 4.42. The van der Waals surface area contributed by atoms with Crippen LogP contribution in [0.2, 0.25) is 0 Å². The molecule has 1 aromatic rings. The van der Waals surface area contributed by atoms with E-state index in [0.717, 1.165) is 31.6 Å². The van der Waals surface area contributed by atoms with Crippen LogP contribution >= 0.6 is 0 Å². The number of hydrogen-bond acceptors (Lipinski definition) is 5. The first-order valence-electron chi connectivity index (χ1n) is 10.4. The number of piperidine rings is 1. The zero-order chi connectivity index (χ0) is 20.4. The molecular formula is C21H29N5O3. The van der Waals surface area contributed by atoms with E-state index in [9.17, 15) is 14.4 Å². The molecule has 3 atom stereocenters. The van der Waals surface area contributed by atoms with Crippen LogP contribution in [0.3, 0.4) is 0 Å². The van der Waals surface area contributed by atoms with E-state index in [0.29, 0.717) is 13.0 Å². The smallest absolute Gasteiger partial charge is 0.227 e. The number of nitrogens with one attached hydrogen (secondary N) is 3. The fraction of sp³-hybridized carbons (Fsp3) is 0.571. The molecule has 8 heteroatoms. The second kappa shape index (κ2) is 8.51. The summed E-state index contributed by atoms with van der Waals surface area (Å²) in [6.45, 7) is 4.05. The third-order valence-electron chi connectivity index (χ3n) is 6.04. The third-order valence-corrected chi connectivity index (χ3v) is 6.04. The number of anilines is 1. The van der Waals surface area contributed by atoms with Gasteiger partial charge in [-0.2, -0.15) is 0 Å². The monoisotopic (exact) mass is 399 g/mol. The molecule has 0 aliphatic carbocycles. The molecular weight excluding hydrogens is 370 g/mol. The van der Waals surface area contributed by atoms with Crippen LogP contribution in [-0.2, 0) is 14.4 Å². The summed E-state index contributed by atoms with van der Waals surface area (Å²) in [5, 5.41) is 9.54. The highest BCUT2D eigenvalue weighted by atomic mass is 16.2. The molecule has 3 aliphatic rings. The van der Waals surface area contributed by atoms with Crippen LogP contribution in [0.15, 0.2) is 30.3 Å². The molecule has 0 bridgehead atoms. The van der Waals surface area contributed by atoms with Crippen molar-refractivity contribution < 1.29 is 14.4 Å². The lowest BCUT2D eigenvalue weighted by molar-refractivity contribution is -0.127. The van der Waals surface area contributed by atoms with E-state index in [1.54, 1.807) is 4.90 Å². The lowest BCUT2D eigenvalue weighted by atomic mass is 10.0. The number of benzene rings is 1. The van der Waals surface area contributed by atoms with E-state index in [-0.39, 0.29) is 48.4 Å². The van der Waals surface area contributed by atoms with Crippen molar-refractivity contribution in [2.24, 2.45) is 5.92 Å². The molecule has 3 unspecified atom stereocenters. The predicted molar refractivity (Wildman–Crippen MR) is 109 cm³/mol. The number of para-hydroxylation sites is 1. The highest BCUT2D eigenvalue weighted by Gasteiger charge is 2.37. The maximum Gasteiger partial charge on any atom is 0.227 e. The van der Waals surface area contributed by atoms with E-state index in [4.69, 9.17) is 0 Å². The fourth-order valence-corrected chi connectivity index (χ4v) is 4.42.